The van der Waals surface area contributed by atoms with Crippen molar-refractivity contribution in [2.75, 3.05) is 33.4 Å². The minimum absolute atomic E-state index is 0.0781. The van der Waals surface area contributed by atoms with Crippen molar-refractivity contribution in [3.8, 4) is 5.75 Å². The summed E-state index contributed by atoms with van der Waals surface area (Å²) < 4.78 is 10.7. The first-order valence-corrected chi connectivity index (χ1v) is 9.14. The molecule has 2 fully saturated rings. The fourth-order valence-electron chi connectivity index (χ4n) is 3.87. The zero-order valence-electron chi connectivity index (χ0n) is 14.8. The van der Waals surface area contributed by atoms with Crippen molar-refractivity contribution in [3.05, 3.63) is 29.8 Å². The first-order chi connectivity index (χ1) is 12.2. The van der Waals surface area contributed by atoms with Gasteiger partial charge in [0, 0.05) is 19.1 Å². The van der Waals surface area contributed by atoms with Crippen LogP contribution in [0.15, 0.2) is 24.3 Å². The summed E-state index contributed by atoms with van der Waals surface area (Å²) in [7, 11) is 1.56. The molecule has 1 saturated heterocycles. The third kappa shape index (κ3) is 4.32. The number of rotatable bonds is 4. The van der Waals surface area contributed by atoms with Gasteiger partial charge in [-0.3, -0.25) is 9.69 Å². The molecule has 1 amide bonds. The van der Waals surface area contributed by atoms with E-state index in [2.05, 4.69) is 10.2 Å². The second kappa shape index (κ2) is 8.65. The molecule has 0 aromatic heterocycles. The van der Waals surface area contributed by atoms with E-state index in [9.17, 15) is 9.90 Å². The molecule has 6 nitrogen and oxygen atoms in total. The molecule has 0 bridgehead atoms. The van der Waals surface area contributed by atoms with Gasteiger partial charge in [-0.15, -0.1) is 0 Å². The van der Waals surface area contributed by atoms with Gasteiger partial charge in [0.05, 0.1) is 38.0 Å². The number of nitrogens with one attached hydrogen (secondary N) is 1. The van der Waals surface area contributed by atoms with Crippen molar-refractivity contribution < 1.29 is 19.4 Å². The van der Waals surface area contributed by atoms with Crippen molar-refractivity contribution in [3.63, 3.8) is 0 Å². The third-order valence-electron chi connectivity index (χ3n) is 5.25. The van der Waals surface area contributed by atoms with Crippen LogP contribution in [0.25, 0.3) is 0 Å². The highest BCUT2D eigenvalue weighted by Gasteiger charge is 2.35. The minimum Gasteiger partial charge on any atom is -0.496 e. The van der Waals surface area contributed by atoms with E-state index >= 15 is 0 Å². The summed E-state index contributed by atoms with van der Waals surface area (Å²) in [6.07, 6.45) is 3.26. The van der Waals surface area contributed by atoms with E-state index in [0.29, 0.717) is 24.5 Å². The van der Waals surface area contributed by atoms with E-state index < -0.39 is 6.10 Å². The van der Waals surface area contributed by atoms with Gasteiger partial charge in [-0.1, -0.05) is 25.0 Å². The molecule has 1 aromatic rings. The van der Waals surface area contributed by atoms with Crippen LogP contribution in [0.1, 0.15) is 36.0 Å². The van der Waals surface area contributed by atoms with Gasteiger partial charge in [0.25, 0.3) is 5.91 Å². The Bertz CT molecular complexity index is 574. The lowest BCUT2D eigenvalue weighted by molar-refractivity contribution is -0.0308. The number of carbonyl (C=O) groups excluding carboxylic acids is 1. The molecular weight excluding hydrogens is 320 g/mol. The van der Waals surface area contributed by atoms with Crippen LogP contribution in [0.4, 0.5) is 0 Å². The summed E-state index contributed by atoms with van der Waals surface area (Å²) >= 11 is 0. The molecule has 3 atom stereocenters. The zero-order chi connectivity index (χ0) is 17.6. The molecule has 2 aliphatic rings. The van der Waals surface area contributed by atoms with Gasteiger partial charge >= 0.3 is 0 Å². The van der Waals surface area contributed by atoms with Crippen LogP contribution in [0, 0.1) is 0 Å². The predicted molar refractivity (Wildman–Crippen MR) is 94.9 cm³/mol. The van der Waals surface area contributed by atoms with Crippen LogP contribution < -0.4 is 10.1 Å². The highest BCUT2D eigenvalue weighted by atomic mass is 16.5. The Morgan fingerprint density at radius 1 is 1.24 bits per heavy atom. The van der Waals surface area contributed by atoms with Crippen molar-refractivity contribution >= 4 is 5.91 Å². The van der Waals surface area contributed by atoms with Gasteiger partial charge in [0.2, 0.25) is 0 Å². The van der Waals surface area contributed by atoms with Crippen molar-refractivity contribution in [1.29, 1.82) is 0 Å². The summed E-state index contributed by atoms with van der Waals surface area (Å²) in [5, 5.41) is 14.0. The first kappa shape index (κ1) is 18.2. The molecule has 1 aromatic carbocycles. The molecule has 1 heterocycles. The van der Waals surface area contributed by atoms with Gasteiger partial charge in [-0.05, 0) is 25.0 Å². The van der Waals surface area contributed by atoms with Crippen LogP contribution in [0.2, 0.25) is 0 Å². The Kier molecular flexibility index (Phi) is 6.29. The van der Waals surface area contributed by atoms with E-state index in [4.69, 9.17) is 9.47 Å². The smallest absolute Gasteiger partial charge is 0.255 e. The molecule has 1 aliphatic heterocycles. The van der Waals surface area contributed by atoms with Crippen molar-refractivity contribution in [2.45, 2.75) is 43.9 Å². The van der Waals surface area contributed by atoms with E-state index in [1.165, 1.54) is 0 Å². The molecule has 2 N–H and O–H groups in total. The fourth-order valence-corrected chi connectivity index (χ4v) is 3.87. The zero-order valence-corrected chi connectivity index (χ0v) is 14.8. The number of para-hydroxylation sites is 1. The number of hydrogen-bond donors (Lipinski definition) is 2. The monoisotopic (exact) mass is 348 g/mol. The second-order valence-corrected chi connectivity index (χ2v) is 6.77. The van der Waals surface area contributed by atoms with Crippen LogP contribution in [-0.2, 0) is 4.74 Å². The van der Waals surface area contributed by atoms with Gasteiger partial charge in [0.15, 0.2) is 0 Å². The number of nitrogens with zero attached hydrogens (tertiary/aromatic N) is 1. The van der Waals surface area contributed by atoms with Gasteiger partial charge in [-0.2, -0.15) is 0 Å². The van der Waals surface area contributed by atoms with Crippen molar-refractivity contribution in [1.82, 2.24) is 10.2 Å². The van der Waals surface area contributed by atoms with Crippen LogP contribution >= 0.6 is 0 Å². The Labute approximate surface area is 149 Å². The number of carbonyl (C=O) groups is 1. The molecule has 0 spiro atoms. The van der Waals surface area contributed by atoms with E-state index in [1.807, 2.05) is 12.1 Å². The Morgan fingerprint density at radius 3 is 2.72 bits per heavy atom. The Morgan fingerprint density at radius 2 is 1.96 bits per heavy atom. The summed E-state index contributed by atoms with van der Waals surface area (Å²) in [4.78, 5) is 15.0. The molecular formula is C19H28N2O4. The topological polar surface area (TPSA) is 71.0 Å². The number of aliphatic hydroxyl groups is 1. The molecule has 1 aliphatic carbocycles. The SMILES string of the molecule is COc1ccccc1C(=O)N[C@@H]1CCCC[C@@H](N2CCOCC2)[C@@H]1O. The lowest BCUT2D eigenvalue weighted by atomic mass is 9.99. The highest BCUT2D eigenvalue weighted by molar-refractivity contribution is 5.97. The molecule has 0 radical (unpaired) electrons. The molecule has 1 saturated carbocycles. The quantitative estimate of drug-likeness (QED) is 0.806. The molecule has 25 heavy (non-hydrogen) atoms. The summed E-state index contributed by atoms with van der Waals surface area (Å²) in [5.41, 5.74) is 0.504. The first-order valence-electron chi connectivity index (χ1n) is 9.14. The lowest BCUT2D eigenvalue weighted by Crippen LogP contribution is -2.55. The Hall–Kier alpha value is -1.63. The van der Waals surface area contributed by atoms with Crippen molar-refractivity contribution in [2.24, 2.45) is 0 Å². The van der Waals surface area contributed by atoms with Gasteiger partial charge in [-0.25, -0.2) is 0 Å². The lowest BCUT2D eigenvalue weighted by Gasteiger charge is -2.38. The number of amides is 1. The second-order valence-electron chi connectivity index (χ2n) is 6.77. The maximum atomic E-state index is 12.7. The largest absolute Gasteiger partial charge is 0.496 e. The predicted octanol–water partition coefficient (Wildman–Crippen LogP) is 1.43. The number of hydrogen-bond acceptors (Lipinski definition) is 5. The van der Waals surface area contributed by atoms with Gasteiger partial charge < -0.3 is 19.9 Å². The van der Waals surface area contributed by atoms with Crippen LogP contribution in [0.5, 0.6) is 5.75 Å². The average molecular weight is 348 g/mol. The summed E-state index contributed by atoms with van der Waals surface area (Å²) in [6.45, 7) is 3.10. The van der Waals surface area contributed by atoms with E-state index in [1.54, 1.807) is 19.2 Å². The normalized spacial score (nSPS) is 28.2. The fraction of sp³-hybridized carbons (Fsp3) is 0.632. The highest BCUT2D eigenvalue weighted by Crippen LogP contribution is 2.25. The van der Waals surface area contributed by atoms with E-state index in [0.717, 1.165) is 38.8 Å². The minimum atomic E-state index is -0.570. The van der Waals surface area contributed by atoms with Crippen LogP contribution in [-0.4, -0.2) is 67.5 Å². The molecule has 6 heteroatoms. The van der Waals surface area contributed by atoms with Crippen LogP contribution in [0.3, 0.4) is 0 Å². The number of methoxy groups -OCH3 is 1. The number of morpholine rings is 1. The van der Waals surface area contributed by atoms with Gasteiger partial charge in [0.1, 0.15) is 5.75 Å². The maximum Gasteiger partial charge on any atom is 0.255 e. The number of aliphatic hydroxyl groups excluding tert-OH is 1. The average Bonchev–Trinajstić information content (AvgIpc) is 2.84. The summed E-state index contributed by atoms with van der Waals surface area (Å²) in [6, 6.07) is 7.01. The third-order valence-corrected chi connectivity index (χ3v) is 5.25. The standard InChI is InChI=1S/C19H28N2O4/c1-24-17-9-5-2-6-14(17)19(23)20-15-7-3-4-8-16(18(15)22)21-10-12-25-13-11-21/h2,5-6,9,15-16,18,22H,3-4,7-8,10-13H2,1H3,(H,20,23)/t15-,16-,18-/m1/s1. The molecule has 0 unspecified atom stereocenters. The molecule has 138 valence electrons. The number of benzene rings is 1. The number of ether oxygens (including phenoxy) is 2. The Balaban J connectivity index is 1.70. The molecule has 3 rings (SSSR count). The maximum absolute atomic E-state index is 12.7. The van der Waals surface area contributed by atoms with E-state index in [-0.39, 0.29) is 18.0 Å². The summed E-state index contributed by atoms with van der Waals surface area (Å²) in [5.74, 6) is 0.358.